The number of amides is 1. The monoisotopic (exact) mass is 331 g/mol. The van der Waals surface area contributed by atoms with Crippen molar-refractivity contribution in [2.24, 2.45) is 0 Å². The van der Waals surface area contributed by atoms with Gasteiger partial charge in [-0.3, -0.25) is 4.79 Å². The standard InChI is InChI=1S/C13H14ClNO3S2/c14-9-1-3-10(4-2-9)20-6-5-12(16)15-8-19-7-11(15)13(17)18/h1-4,11H,5-8H2,(H,17,18). The number of carboxylic acid groups (broad SMARTS) is 1. The van der Waals surface area contributed by atoms with Crippen LogP contribution >= 0.6 is 35.1 Å². The Labute approximate surface area is 130 Å². The minimum absolute atomic E-state index is 0.0936. The molecule has 1 amide bonds. The predicted octanol–water partition coefficient (Wildman–Crippen LogP) is 2.81. The van der Waals surface area contributed by atoms with E-state index in [-0.39, 0.29) is 5.91 Å². The van der Waals surface area contributed by atoms with Gasteiger partial charge in [0.15, 0.2) is 0 Å². The van der Waals surface area contributed by atoms with Crippen LogP contribution in [0.25, 0.3) is 0 Å². The highest BCUT2D eigenvalue weighted by Gasteiger charge is 2.33. The lowest BCUT2D eigenvalue weighted by Gasteiger charge is -2.20. The van der Waals surface area contributed by atoms with E-state index < -0.39 is 12.0 Å². The molecular formula is C13H14ClNO3S2. The summed E-state index contributed by atoms with van der Waals surface area (Å²) in [7, 11) is 0. The fourth-order valence-corrected chi connectivity index (χ4v) is 3.96. The average Bonchev–Trinajstić information content (AvgIpc) is 2.90. The number of rotatable bonds is 5. The summed E-state index contributed by atoms with van der Waals surface area (Å²) in [6.07, 6.45) is 0.345. The minimum atomic E-state index is -0.922. The fraction of sp³-hybridized carbons (Fsp3) is 0.385. The SMILES string of the molecule is O=C(O)C1CSCN1C(=O)CCSc1ccc(Cl)cc1. The van der Waals surface area contributed by atoms with Gasteiger partial charge < -0.3 is 10.0 Å². The first-order valence-electron chi connectivity index (χ1n) is 6.06. The Kier molecular flexibility index (Phi) is 5.63. The molecule has 0 aliphatic carbocycles. The number of carbonyl (C=O) groups excluding carboxylic acids is 1. The van der Waals surface area contributed by atoms with Crippen LogP contribution in [-0.4, -0.2) is 45.3 Å². The smallest absolute Gasteiger partial charge is 0.327 e. The van der Waals surface area contributed by atoms with Gasteiger partial charge in [-0.25, -0.2) is 4.79 Å². The van der Waals surface area contributed by atoms with Crippen LogP contribution < -0.4 is 0 Å². The van der Waals surface area contributed by atoms with Gasteiger partial charge in [0.2, 0.25) is 5.91 Å². The number of carboxylic acids is 1. The maximum atomic E-state index is 12.0. The molecule has 108 valence electrons. The van der Waals surface area contributed by atoms with Gasteiger partial charge >= 0.3 is 5.97 Å². The maximum absolute atomic E-state index is 12.0. The first-order chi connectivity index (χ1) is 9.58. The van der Waals surface area contributed by atoms with E-state index >= 15 is 0 Å². The molecule has 1 saturated heterocycles. The molecule has 2 rings (SSSR count). The van der Waals surface area contributed by atoms with E-state index in [1.54, 1.807) is 11.8 Å². The summed E-state index contributed by atoms with van der Waals surface area (Å²) in [5.41, 5.74) is 0. The first kappa shape index (κ1) is 15.5. The second kappa shape index (κ2) is 7.24. The third-order valence-corrected chi connectivity index (χ3v) is 5.16. The molecule has 1 unspecified atom stereocenters. The Balaban J connectivity index is 1.80. The van der Waals surface area contributed by atoms with Crippen LogP contribution in [0.15, 0.2) is 29.2 Å². The summed E-state index contributed by atoms with van der Waals surface area (Å²) >= 11 is 8.85. The number of nitrogens with zero attached hydrogens (tertiary/aromatic N) is 1. The number of hydrogen-bond acceptors (Lipinski definition) is 4. The molecule has 1 aromatic rings. The summed E-state index contributed by atoms with van der Waals surface area (Å²) < 4.78 is 0. The molecule has 1 aliphatic heterocycles. The summed E-state index contributed by atoms with van der Waals surface area (Å²) in [4.78, 5) is 25.5. The lowest BCUT2D eigenvalue weighted by atomic mass is 10.3. The number of benzene rings is 1. The minimum Gasteiger partial charge on any atom is -0.480 e. The second-order valence-electron chi connectivity index (χ2n) is 4.27. The Morgan fingerprint density at radius 2 is 2.10 bits per heavy atom. The Morgan fingerprint density at radius 1 is 1.40 bits per heavy atom. The van der Waals surface area contributed by atoms with Crippen molar-refractivity contribution < 1.29 is 14.7 Å². The topological polar surface area (TPSA) is 57.6 Å². The second-order valence-corrected chi connectivity index (χ2v) is 6.87. The van der Waals surface area contributed by atoms with E-state index in [2.05, 4.69) is 0 Å². The first-order valence-corrected chi connectivity index (χ1v) is 8.58. The number of aliphatic carboxylic acids is 1. The van der Waals surface area contributed by atoms with Crippen LogP contribution in [0.5, 0.6) is 0 Å². The fourth-order valence-electron chi connectivity index (χ4n) is 1.82. The van der Waals surface area contributed by atoms with Gasteiger partial charge in [-0.1, -0.05) is 11.6 Å². The van der Waals surface area contributed by atoms with E-state index in [1.807, 2.05) is 24.3 Å². The Bertz CT molecular complexity index is 495. The van der Waals surface area contributed by atoms with Crippen molar-refractivity contribution in [1.82, 2.24) is 4.90 Å². The van der Waals surface area contributed by atoms with Crippen molar-refractivity contribution in [3.05, 3.63) is 29.3 Å². The Morgan fingerprint density at radius 3 is 2.75 bits per heavy atom. The van der Waals surface area contributed by atoms with E-state index in [9.17, 15) is 9.59 Å². The van der Waals surface area contributed by atoms with E-state index in [0.29, 0.717) is 28.8 Å². The van der Waals surface area contributed by atoms with Gasteiger partial charge in [-0.15, -0.1) is 23.5 Å². The number of hydrogen-bond donors (Lipinski definition) is 1. The highest BCUT2D eigenvalue weighted by atomic mass is 35.5. The molecule has 1 heterocycles. The lowest BCUT2D eigenvalue weighted by Crippen LogP contribution is -2.41. The molecule has 0 spiro atoms. The summed E-state index contributed by atoms with van der Waals surface area (Å²) in [5, 5.41) is 9.72. The lowest BCUT2D eigenvalue weighted by molar-refractivity contribution is -0.147. The summed E-state index contributed by atoms with van der Waals surface area (Å²) in [6, 6.07) is 6.76. The van der Waals surface area contributed by atoms with Crippen LogP contribution in [0.3, 0.4) is 0 Å². The van der Waals surface area contributed by atoms with Crippen molar-refractivity contribution in [2.45, 2.75) is 17.4 Å². The van der Waals surface area contributed by atoms with Crippen LogP contribution in [0.2, 0.25) is 5.02 Å². The van der Waals surface area contributed by atoms with Crippen LogP contribution in [0, 0.1) is 0 Å². The van der Waals surface area contributed by atoms with Gasteiger partial charge in [0, 0.05) is 27.8 Å². The maximum Gasteiger partial charge on any atom is 0.327 e. The van der Waals surface area contributed by atoms with Crippen LogP contribution in [0.4, 0.5) is 0 Å². The number of halogens is 1. The highest BCUT2D eigenvalue weighted by molar-refractivity contribution is 7.99. The van der Waals surface area contributed by atoms with E-state index in [1.165, 1.54) is 16.7 Å². The molecule has 0 aromatic heterocycles. The zero-order chi connectivity index (χ0) is 14.5. The molecule has 0 bridgehead atoms. The zero-order valence-corrected chi connectivity index (χ0v) is 13.0. The molecule has 0 radical (unpaired) electrons. The van der Waals surface area contributed by atoms with Gasteiger partial charge in [0.25, 0.3) is 0 Å². The van der Waals surface area contributed by atoms with Crippen molar-refractivity contribution in [2.75, 3.05) is 17.4 Å². The molecule has 0 saturated carbocycles. The van der Waals surface area contributed by atoms with E-state index in [4.69, 9.17) is 16.7 Å². The molecular weight excluding hydrogens is 318 g/mol. The zero-order valence-electron chi connectivity index (χ0n) is 10.6. The molecule has 1 aromatic carbocycles. The molecule has 7 heteroatoms. The molecule has 4 nitrogen and oxygen atoms in total. The third-order valence-electron chi connectivity index (χ3n) is 2.89. The largest absolute Gasteiger partial charge is 0.480 e. The van der Waals surface area contributed by atoms with Crippen molar-refractivity contribution in [3.63, 3.8) is 0 Å². The molecule has 1 N–H and O–H groups in total. The highest BCUT2D eigenvalue weighted by Crippen LogP contribution is 2.24. The number of thioether (sulfide) groups is 2. The van der Waals surface area contributed by atoms with Crippen molar-refractivity contribution >= 4 is 47.0 Å². The molecule has 1 fully saturated rings. The average molecular weight is 332 g/mol. The van der Waals surface area contributed by atoms with Gasteiger partial charge in [-0.05, 0) is 24.3 Å². The van der Waals surface area contributed by atoms with Crippen molar-refractivity contribution in [3.8, 4) is 0 Å². The van der Waals surface area contributed by atoms with Gasteiger partial charge in [-0.2, -0.15) is 0 Å². The van der Waals surface area contributed by atoms with Crippen molar-refractivity contribution in [1.29, 1.82) is 0 Å². The molecule has 20 heavy (non-hydrogen) atoms. The van der Waals surface area contributed by atoms with Gasteiger partial charge in [0.1, 0.15) is 6.04 Å². The van der Waals surface area contributed by atoms with E-state index in [0.717, 1.165) is 4.90 Å². The quantitative estimate of drug-likeness (QED) is 0.841. The summed E-state index contributed by atoms with van der Waals surface area (Å²) in [5.74, 6) is 0.568. The van der Waals surface area contributed by atoms with Gasteiger partial charge in [0.05, 0.1) is 5.88 Å². The molecule has 1 atom stereocenters. The predicted molar refractivity (Wildman–Crippen MR) is 82.4 cm³/mol. The number of carbonyl (C=O) groups is 2. The molecule has 1 aliphatic rings. The van der Waals surface area contributed by atoms with Crippen LogP contribution in [-0.2, 0) is 9.59 Å². The van der Waals surface area contributed by atoms with Crippen LogP contribution in [0.1, 0.15) is 6.42 Å². The Hall–Kier alpha value is -0.850. The normalized spacial score (nSPS) is 18.2. The third kappa shape index (κ3) is 4.07. The summed E-state index contributed by atoms with van der Waals surface area (Å²) in [6.45, 7) is 0.